The first-order chi connectivity index (χ1) is 12.6. The maximum absolute atomic E-state index is 12.4. The van der Waals surface area contributed by atoms with Gasteiger partial charge in [0.2, 0.25) is 5.91 Å². The topological polar surface area (TPSA) is 93.0 Å². The lowest BCUT2D eigenvalue weighted by Crippen LogP contribution is -2.42. The molecule has 8 heteroatoms. The Morgan fingerprint density at radius 3 is 2.69 bits per heavy atom. The van der Waals surface area contributed by atoms with Gasteiger partial charge in [0, 0.05) is 24.2 Å². The lowest BCUT2D eigenvalue weighted by Gasteiger charge is -2.26. The highest BCUT2D eigenvalue weighted by Gasteiger charge is 2.18. The SMILES string of the molecule is CC(C)n1nnnc1-c1cccc(C(=O)NCC(=O)N2CCCCC2)c1. The molecule has 2 amide bonds. The second-order valence-electron chi connectivity index (χ2n) is 6.75. The summed E-state index contributed by atoms with van der Waals surface area (Å²) in [5.41, 5.74) is 1.24. The molecule has 1 N–H and O–H groups in total. The summed E-state index contributed by atoms with van der Waals surface area (Å²) >= 11 is 0. The van der Waals surface area contributed by atoms with E-state index in [2.05, 4.69) is 20.8 Å². The van der Waals surface area contributed by atoms with Gasteiger partial charge in [-0.05, 0) is 55.7 Å². The minimum absolute atomic E-state index is 0.0206. The summed E-state index contributed by atoms with van der Waals surface area (Å²) in [6.07, 6.45) is 3.23. The minimum Gasteiger partial charge on any atom is -0.343 e. The van der Waals surface area contributed by atoms with Crippen LogP contribution in [0.3, 0.4) is 0 Å². The Morgan fingerprint density at radius 1 is 1.19 bits per heavy atom. The second kappa shape index (κ2) is 8.07. The summed E-state index contributed by atoms with van der Waals surface area (Å²) in [7, 11) is 0. The van der Waals surface area contributed by atoms with Crippen molar-refractivity contribution in [2.24, 2.45) is 0 Å². The minimum atomic E-state index is -0.277. The van der Waals surface area contributed by atoms with Gasteiger partial charge in [-0.3, -0.25) is 9.59 Å². The third kappa shape index (κ3) is 4.07. The molecule has 0 atom stereocenters. The van der Waals surface area contributed by atoms with Crippen LogP contribution in [0.15, 0.2) is 24.3 Å². The van der Waals surface area contributed by atoms with E-state index >= 15 is 0 Å². The molecule has 2 heterocycles. The number of amides is 2. The number of tetrazole rings is 1. The van der Waals surface area contributed by atoms with Crippen LogP contribution in [-0.4, -0.2) is 56.6 Å². The standard InChI is InChI=1S/C18H24N6O2/c1-13(2)24-17(20-21-22-24)14-7-6-8-15(11-14)18(26)19-12-16(25)23-9-4-3-5-10-23/h6-8,11,13H,3-5,9-10,12H2,1-2H3,(H,19,26). The van der Waals surface area contributed by atoms with E-state index in [4.69, 9.17) is 0 Å². The number of carbonyl (C=O) groups is 2. The number of rotatable bonds is 5. The van der Waals surface area contributed by atoms with Crippen LogP contribution in [0.1, 0.15) is 49.5 Å². The van der Waals surface area contributed by atoms with Gasteiger partial charge in [-0.15, -0.1) is 5.10 Å². The molecule has 0 bridgehead atoms. The van der Waals surface area contributed by atoms with Crippen molar-refractivity contribution in [2.45, 2.75) is 39.2 Å². The molecule has 1 fully saturated rings. The predicted octanol–water partition coefficient (Wildman–Crippen LogP) is 1.66. The van der Waals surface area contributed by atoms with Gasteiger partial charge in [0.05, 0.1) is 12.6 Å². The molecule has 1 aromatic carbocycles. The number of aromatic nitrogens is 4. The highest BCUT2D eigenvalue weighted by molar-refractivity contribution is 5.97. The molecule has 0 saturated carbocycles. The van der Waals surface area contributed by atoms with Crippen LogP contribution < -0.4 is 5.32 Å². The van der Waals surface area contributed by atoms with E-state index in [0.29, 0.717) is 11.4 Å². The molecule has 2 aromatic rings. The molecule has 138 valence electrons. The van der Waals surface area contributed by atoms with E-state index < -0.39 is 0 Å². The highest BCUT2D eigenvalue weighted by atomic mass is 16.2. The highest BCUT2D eigenvalue weighted by Crippen LogP contribution is 2.20. The van der Waals surface area contributed by atoms with Crippen molar-refractivity contribution in [3.63, 3.8) is 0 Å². The molecule has 0 spiro atoms. The fourth-order valence-corrected chi connectivity index (χ4v) is 3.04. The van der Waals surface area contributed by atoms with Gasteiger partial charge in [0.25, 0.3) is 5.91 Å². The number of likely N-dealkylation sites (tertiary alicyclic amines) is 1. The average molecular weight is 356 g/mol. The summed E-state index contributed by atoms with van der Waals surface area (Å²) in [5.74, 6) is 0.303. The van der Waals surface area contributed by atoms with Crippen LogP contribution in [0.5, 0.6) is 0 Å². The molecule has 1 aliphatic rings. The molecule has 0 unspecified atom stereocenters. The third-order valence-corrected chi connectivity index (χ3v) is 4.47. The summed E-state index contributed by atoms with van der Waals surface area (Å²) in [4.78, 5) is 26.4. The van der Waals surface area contributed by atoms with E-state index in [1.807, 2.05) is 24.8 Å². The maximum Gasteiger partial charge on any atom is 0.251 e. The number of carbonyl (C=O) groups excluding carboxylic acids is 2. The predicted molar refractivity (Wildman–Crippen MR) is 96.4 cm³/mol. The van der Waals surface area contributed by atoms with Crippen LogP contribution in [0.2, 0.25) is 0 Å². The average Bonchev–Trinajstić information content (AvgIpc) is 3.17. The fraction of sp³-hybridized carbons (Fsp3) is 0.500. The van der Waals surface area contributed by atoms with Crippen molar-refractivity contribution in [2.75, 3.05) is 19.6 Å². The number of nitrogens with one attached hydrogen (secondary N) is 1. The van der Waals surface area contributed by atoms with Crippen molar-refractivity contribution in [1.82, 2.24) is 30.4 Å². The number of nitrogens with zero attached hydrogens (tertiary/aromatic N) is 5. The number of benzene rings is 1. The van der Waals surface area contributed by atoms with Gasteiger partial charge in [-0.2, -0.15) is 0 Å². The Hall–Kier alpha value is -2.77. The van der Waals surface area contributed by atoms with Crippen molar-refractivity contribution in [1.29, 1.82) is 0 Å². The molecule has 1 aromatic heterocycles. The van der Waals surface area contributed by atoms with Crippen LogP contribution in [-0.2, 0) is 4.79 Å². The number of piperidine rings is 1. The van der Waals surface area contributed by atoms with E-state index in [1.165, 1.54) is 6.42 Å². The molecular formula is C18H24N6O2. The van der Waals surface area contributed by atoms with Gasteiger partial charge in [-0.25, -0.2) is 4.68 Å². The largest absolute Gasteiger partial charge is 0.343 e. The van der Waals surface area contributed by atoms with Gasteiger partial charge in [-0.1, -0.05) is 12.1 Å². The number of hydrogen-bond donors (Lipinski definition) is 1. The Labute approximate surface area is 152 Å². The molecule has 26 heavy (non-hydrogen) atoms. The first-order valence-electron chi connectivity index (χ1n) is 9.00. The molecule has 8 nitrogen and oxygen atoms in total. The monoisotopic (exact) mass is 356 g/mol. The molecule has 1 saturated heterocycles. The summed E-state index contributed by atoms with van der Waals surface area (Å²) in [6.45, 7) is 5.56. The Kier molecular flexibility index (Phi) is 5.60. The lowest BCUT2D eigenvalue weighted by molar-refractivity contribution is -0.130. The number of hydrogen-bond acceptors (Lipinski definition) is 5. The molecule has 0 radical (unpaired) electrons. The van der Waals surface area contributed by atoms with Crippen LogP contribution in [0.25, 0.3) is 11.4 Å². The van der Waals surface area contributed by atoms with E-state index in [-0.39, 0.29) is 24.4 Å². The zero-order valence-electron chi connectivity index (χ0n) is 15.2. The fourth-order valence-electron chi connectivity index (χ4n) is 3.04. The summed E-state index contributed by atoms with van der Waals surface area (Å²) < 4.78 is 1.71. The zero-order valence-corrected chi connectivity index (χ0v) is 15.2. The van der Waals surface area contributed by atoms with Crippen molar-refractivity contribution in [3.05, 3.63) is 29.8 Å². The Balaban J connectivity index is 1.66. The van der Waals surface area contributed by atoms with Gasteiger partial charge < -0.3 is 10.2 Å². The van der Waals surface area contributed by atoms with Crippen molar-refractivity contribution >= 4 is 11.8 Å². The Bertz CT molecular complexity index is 779. The van der Waals surface area contributed by atoms with Crippen LogP contribution >= 0.6 is 0 Å². The van der Waals surface area contributed by atoms with Gasteiger partial charge in [0.15, 0.2) is 5.82 Å². The first kappa shape index (κ1) is 18.0. The third-order valence-electron chi connectivity index (χ3n) is 4.47. The smallest absolute Gasteiger partial charge is 0.251 e. The summed E-state index contributed by atoms with van der Waals surface area (Å²) in [5, 5.41) is 14.5. The van der Waals surface area contributed by atoms with Gasteiger partial charge in [0.1, 0.15) is 0 Å². The van der Waals surface area contributed by atoms with Crippen LogP contribution in [0, 0.1) is 0 Å². The lowest BCUT2D eigenvalue weighted by atomic mass is 10.1. The van der Waals surface area contributed by atoms with E-state index in [1.54, 1.807) is 22.9 Å². The second-order valence-corrected chi connectivity index (χ2v) is 6.75. The van der Waals surface area contributed by atoms with E-state index in [9.17, 15) is 9.59 Å². The Morgan fingerprint density at radius 2 is 1.96 bits per heavy atom. The van der Waals surface area contributed by atoms with Gasteiger partial charge >= 0.3 is 0 Å². The van der Waals surface area contributed by atoms with Crippen LogP contribution in [0.4, 0.5) is 0 Å². The quantitative estimate of drug-likeness (QED) is 0.879. The molecule has 3 rings (SSSR count). The zero-order chi connectivity index (χ0) is 18.5. The molecular weight excluding hydrogens is 332 g/mol. The normalized spacial score (nSPS) is 14.5. The van der Waals surface area contributed by atoms with E-state index in [0.717, 1.165) is 31.5 Å². The maximum atomic E-state index is 12.4. The molecule has 1 aliphatic heterocycles. The molecule has 0 aliphatic carbocycles. The van der Waals surface area contributed by atoms with Crippen molar-refractivity contribution < 1.29 is 9.59 Å². The first-order valence-corrected chi connectivity index (χ1v) is 9.00. The van der Waals surface area contributed by atoms with Crippen molar-refractivity contribution in [3.8, 4) is 11.4 Å². The summed E-state index contributed by atoms with van der Waals surface area (Å²) in [6, 6.07) is 7.22.